The van der Waals surface area contributed by atoms with Crippen LogP contribution in [-0.4, -0.2) is 48.2 Å². The van der Waals surface area contributed by atoms with E-state index < -0.39 is 0 Å². The molecule has 3 heterocycles. The summed E-state index contributed by atoms with van der Waals surface area (Å²) in [6, 6.07) is 16.0. The number of carbonyl (C=O) groups excluding carboxylic acids is 1. The summed E-state index contributed by atoms with van der Waals surface area (Å²) < 4.78 is 7.50. The summed E-state index contributed by atoms with van der Waals surface area (Å²) in [5, 5.41) is 5.21. The maximum Gasteiger partial charge on any atom is 0.251 e. The molecule has 1 aliphatic heterocycles. The van der Waals surface area contributed by atoms with E-state index in [0.29, 0.717) is 12.1 Å². The Kier molecular flexibility index (Phi) is 5.67. The molecule has 0 spiro atoms. The molecule has 4 rings (SSSR count). The van der Waals surface area contributed by atoms with Gasteiger partial charge in [0.2, 0.25) is 0 Å². The first-order chi connectivity index (χ1) is 13.3. The van der Waals surface area contributed by atoms with Crippen molar-refractivity contribution in [2.75, 3.05) is 32.8 Å². The second-order valence-electron chi connectivity index (χ2n) is 6.53. The van der Waals surface area contributed by atoms with E-state index in [2.05, 4.69) is 27.7 Å². The molecule has 1 atom stereocenters. The molecular weight excluding hydrogens is 358 g/mol. The summed E-state index contributed by atoms with van der Waals surface area (Å²) >= 11 is 1.74. The van der Waals surface area contributed by atoms with Gasteiger partial charge in [0.25, 0.3) is 5.91 Å². The molecule has 1 fully saturated rings. The lowest BCUT2D eigenvalue weighted by Crippen LogP contribution is -2.43. The quantitative estimate of drug-likeness (QED) is 0.712. The number of hydrogen-bond donors (Lipinski definition) is 1. The lowest BCUT2D eigenvalue weighted by Gasteiger charge is -2.34. The highest BCUT2D eigenvalue weighted by molar-refractivity contribution is 7.10. The van der Waals surface area contributed by atoms with Gasteiger partial charge in [-0.05, 0) is 47.8 Å². The van der Waals surface area contributed by atoms with Crippen LogP contribution in [-0.2, 0) is 4.74 Å². The average Bonchev–Trinajstić information content (AvgIpc) is 3.43. The van der Waals surface area contributed by atoms with E-state index in [1.54, 1.807) is 11.3 Å². The topological polar surface area (TPSA) is 46.5 Å². The van der Waals surface area contributed by atoms with Crippen LogP contribution >= 0.6 is 11.3 Å². The Balaban J connectivity index is 1.41. The van der Waals surface area contributed by atoms with Crippen molar-refractivity contribution in [2.45, 2.75) is 6.04 Å². The predicted molar refractivity (Wildman–Crippen MR) is 108 cm³/mol. The van der Waals surface area contributed by atoms with Crippen molar-refractivity contribution >= 4 is 17.2 Å². The van der Waals surface area contributed by atoms with Gasteiger partial charge in [-0.2, -0.15) is 0 Å². The predicted octanol–water partition coefficient (Wildman–Crippen LogP) is 3.34. The Morgan fingerprint density at radius 1 is 1.07 bits per heavy atom. The number of ether oxygens (including phenoxy) is 1. The molecule has 0 saturated carbocycles. The zero-order valence-corrected chi connectivity index (χ0v) is 15.9. The largest absolute Gasteiger partial charge is 0.379 e. The molecule has 27 heavy (non-hydrogen) atoms. The van der Waals surface area contributed by atoms with Gasteiger partial charge in [-0.25, -0.2) is 0 Å². The number of carbonyl (C=O) groups is 1. The molecule has 1 aliphatic rings. The standard InChI is InChI=1S/C21H23N3O2S/c25-21(17-5-7-18(8-6-17)23-9-1-2-10-23)22-16-19(20-4-3-15-27-20)24-11-13-26-14-12-24/h1-10,15,19H,11-14,16H2,(H,22,25). The number of rotatable bonds is 6. The second-order valence-corrected chi connectivity index (χ2v) is 7.51. The van der Waals surface area contributed by atoms with E-state index >= 15 is 0 Å². The van der Waals surface area contributed by atoms with Gasteiger partial charge in [0.1, 0.15) is 0 Å². The summed E-state index contributed by atoms with van der Waals surface area (Å²) in [6.45, 7) is 3.88. The lowest BCUT2D eigenvalue weighted by atomic mass is 10.1. The minimum absolute atomic E-state index is 0.0381. The Labute approximate surface area is 163 Å². The number of amides is 1. The van der Waals surface area contributed by atoms with Gasteiger partial charge in [-0.15, -0.1) is 11.3 Å². The van der Waals surface area contributed by atoms with Crippen LogP contribution in [0.3, 0.4) is 0 Å². The number of aromatic nitrogens is 1. The minimum atomic E-state index is -0.0381. The van der Waals surface area contributed by atoms with E-state index in [9.17, 15) is 4.79 Å². The second kappa shape index (κ2) is 8.52. The fourth-order valence-electron chi connectivity index (χ4n) is 3.36. The number of thiophene rings is 1. The van der Waals surface area contributed by atoms with Crippen LogP contribution < -0.4 is 5.32 Å². The first-order valence-electron chi connectivity index (χ1n) is 9.18. The van der Waals surface area contributed by atoms with Gasteiger partial charge in [0.15, 0.2) is 0 Å². The van der Waals surface area contributed by atoms with Crippen molar-refractivity contribution in [2.24, 2.45) is 0 Å². The third-order valence-electron chi connectivity index (χ3n) is 4.85. The van der Waals surface area contributed by atoms with Crippen LogP contribution in [0.4, 0.5) is 0 Å². The highest BCUT2D eigenvalue weighted by Gasteiger charge is 2.24. The molecule has 1 saturated heterocycles. The maximum absolute atomic E-state index is 12.6. The van der Waals surface area contributed by atoms with Gasteiger partial charge in [-0.3, -0.25) is 9.69 Å². The number of benzene rings is 1. The monoisotopic (exact) mass is 381 g/mol. The molecule has 0 radical (unpaired) electrons. The van der Waals surface area contributed by atoms with Crippen LogP contribution in [0.1, 0.15) is 21.3 Å². The minimum Gasteiger partial charge on any atom is -0.379 e. The Morgan fingerprint density at radius 2 is 1.81 bits per heavy atom. The van der Waals surface area contributed by atoms with Crippen LogP contribution in [0, 0.1) is 0 Å². The van der Waals surface area contributed by atoms with Crippen molar-refractivity contribution in [3.8, 4) is 5.69 Å². The summed E-state index contributed by atoms with van der Waals surface area (Å²) in [5.74, 6) is -0.0381. The molecule has 1 N–H and O–H groups in total. The van der Waals surface area contributed by atoms with E-state index in [-0.39, 0.29) is 11.9 Å². The third kappa shape index (κ3) is 4.30. The molecule has 1 unspecified atom stereocenters. The summed E-state index contributed by atoms with van der Waals surface area (Å²) in [7, 11) is 0. The summed E-state index contributed by atoms with van der Waals surface area (Å²) in [6.07, 6.45) is 3.98. The van der Waals surface area contributed by atoms with Gasteiger partial charge in [0, 0.05) is 48.2 Å². The molecule has 2 aromatic heterocycles. The Morgan fingerprint density at radius 3 is 2.48 bits per heavy atom. The zero-order valence-electron chi connectivity index (χ0n) is 15.1. The number of nitrogens with one attached hydrogen (secondary N) is 1. The van der Waals surface area contributed by atoms with Gasteiger partial charge < -0.3 is 14.6 Å². The van der Waals surface area contributed by atoms with Gasteiger partial charge in [0.05, 0.1) is 19.3 Å². The molecule has 0 bridgehead atoms. The fraction of sp³-hybridized carbons (Fsp3) is 0.286. The maximum atomic E-state index is 12.6. The number of nitrogens with zero attached hydrogens (tertiary/aromatic N) is 2. The van der Waals surface area contributed by atoms with Crippen LogP contribution in [0.2, 0.25) is 0 Å². The number of morpholine rings is 1. The Bertz CT molecular complexity index is 838. The molecule has 1 amide bonds. The van der Waals surface area contributed by atoms with Crippen molar-refractivity contribution in [3.05, 3.63) is 76.7 Å². The number of hydrogen-bond acceptors (Lipinski definition) is 4. The first-order valence-corrected chi connectivity index (χ1v) is 10.1. The zero-order chi connectivity index (χ0) is 18.5. The third-order valence-corrected chi connectivity index (χ3v) is 5.82. The molecule has 3 aromatic rings. The van der Waals surface area contributed by atoms with E-state index in [0.717, 1.165) is 32.0 Å². The van der Waals surface area contributed by atoms with Gasteiger partial charge in [-0.1, -0.05) is 6.07 Å². The van der Waals surface area contributed by atoms with Crippen LogP contribution in [0.5, 0.6) is 0 Å². The van der Waals surface area contributed by atoms with Crippen molar-refractivity contribution in [3.63, 3.8) is 0 Å². The summed E-state index contributed by atoms with van der Waals surface area (Å²) in [4.78, 5) is 16.3. The first kappa shape index (κ1) is 18.0. The van der Waals surface area contributed by atoms with Crippen molar-refractivity contribution < 1.29 is 9.53 Å². The normalized spacial score (nSPS) is 16.1. The van der Waals surface area contributed by atoms with Gasteiger partial charge >= 0.3 is 0 Å². The molecular formula is C21H23N3O2S. The average molecular weight is 382 g/mol. The van der Waals surface area contributed by atoms with Crippen molar-refractivity contribution in [1.29, 1.82) is 0 Å². The highest BCUT2D eigenvalue weighted by Crippen LogP contribution is 2.25. The Hall–Kier alpha value is -2.41. The van der Waals surface area contributed by atoms with Crippen LogP contribution in [0.15, 0.2) is 66.3 Å². The van der Waals surface area contributed by atoms with Crippen molar-refractivity contribution in [1.82, 2.24) is 14.8 Å². The SMILES string of the molecule is O=C(NCC(c1cccs1)N1CCOCC1)c1ccc(-n2cccc2)cc1. The molecule has 0 aliphatic carbocycles. The molecule has 5 nitrogen and oxygen atoms in total. The lowest BCUT2D eigenvalue weighted by molar-refractivity contribution is 0.0169. The molecule has 140 valence electrons. The summed E-state index contributed by atoms with van der Waals surface area (Å²) in [5.41, 5.74) is 1.72. The smallest absolute Gasteiger partial charge is 0.251 e. The highest BCUT2D eigenvalue weighted by atomic mass is 32.1. The molecule has 1 aromatic carbocycles. The van der Waals surface area contributed by atoms with E-state index in [1.165, 1.54) is 4.88 Å². The fourth-order valence-corrected chi connectivity index (χ4v) is 4.22. The molecule has 6 heteroatoms. The van der Waals surface area contributed by atoms with E-state index in [4.69, 9.17) is 4.74 Å². The van der Waals surface area contributed by atoms with Crippen LogP contribution in [0.25, 0.3) is 5.69 Å². The van der Waals surface area contributed by atoms with E-state index in [1.807, 2.05) is 53.4 Å².